The standard InChI is InChI=1S/C20H39O/c1-2-3-4-5-6-7-8-9-10-11-12-13-14-15-16-17-18-19-20-21/h9,18-19,21H,2-8,10-17,20H2,1H3. The van der Waals surface area contributed by atoms with Gasteiger partial charge in [-0.2, -0.15) is 0 Å². The summed E-state index contributed by atoms with van der Waals surface area (Å²) < 4.78 is 0. The van der Waals surface area contributed by atoms with E-state index in [4.69, 9.17) is 5.11 Å². The average Bonchev–Trinajstić information content (AvgIpc) is 2.50. The second-order valence-electron chi connectivity index (χ2n) is 6.20. The van der Waals surface area contributed by atoms with E-state index < -0.39 is 0 Å². The first-order valence-corrected chi connectivity index (χ1v) is 9.49. The maximum absolute atomic E-state index is 8.60. The zero-order valence-electron chi connectivity index (χ0n) is 14.5. The summed E-state index contributed by atoms with van der Waals surface area (Å²) in [6.07, 6.45) is 26.9. The third kappa shape index (κ3) is 19.7. The summed E-state index contributed by atoms with van der Waals surface area (Å²) in [6, 6.07) is 0. The second kappa shape index (κ2) is 19.7. The minimum Gasteiger partial charge on any atom is -0.392 e. The molecule has 0 amide bonds. The van der Waals surface area contributed by atoms with Gasteiger partial charge in [0.25, 0.3) is 0 Å². The molecule has 0 aromatic heterocycles. The first-order valence-electron chi connectivity index (χ1n) is 9.49. The first kappa shape index (κ1) is 20.7. The largest absolute Gasteiger partial charge is 0.392 e. The third-order valence-corrected chi connectivity index (χ3v) is 4.06. The van der Waals surface area contributed by atoms with E-state index in [2.05, 4.69) is 19.4 Å². The molecule has 0 spiro atoms. The lowest BCUT2D eigenvalue weighted by atomic mass is 10.0. The highest BCUT2D eigenvalue weighted by atomic mass is 16.2. The molecular formula is C20H39O. The van der Waals surface area contributed by atoms with Crippen LogP contribution in [0.4, 0.5) is 0 Å². The van der Waals surface area contributed by atoms with Gasteiger partial charge in [-0.1, -0.05) is 103 Å². The fraction of sp³-hybridized carbons (Fsp3) is 0.850. The number of hydrogen-bond acceptors (Lipinski definition) is 1. The van der Waals surface area contributed by atoms with E-state index in [1.165, 1.54) is 89.9 Å². The minimum atomic E-state index is 0.190. The molecule has 0 aromatic rings. The molecule has 1 nitrogen and oxygen atoms in total. The predicted molar refractivity (Wildman–Crippen MR) is 95.5 cm³/mol. The Kier molecular flexibility index (Phi) is 19.4. The van der Waals surface area contributed by atoms with Gasteiger partial charge in [0.1, 0.15) is 0 Å². The summed E-state index contributed by atoms with van der Waals surface area (Å²) in [5.74, 6) is 0. The molecule has 0 saturated heterocycles. The van der Waals surface area contributed by atoms with E-state index in [1.54, 1.807) is 0 Å². The minimum absolute atomic E-state index is 0.190. The van der Waals surface area contributed by atoms with Crippen molar-refractivity contribution in [3.8, 4) is 0 Å². The molecule has 0 unspecified atom stereocenters. The molecule has 0 rings (SSSR count). The molecule has 21 heavy (non-hydrogen) atoms. The van der Waals surface area contributed by atoms with Crippen LogP contribution in [0.5, 0.6) is 0 Å². The SMILES string of the molecule is CCCCCCCC[CH]CCCCCCCCC=CCO. The van der Waals surface area contributed by atoms with Crippen LogP contribution in [-0.2, 0) is 0 Å². The van der Waals surface area contributed by atoms with Crippen molar-refractivity contribution >= 4 is 0 Å². The van der Waals surface area contributed by atoms with Crippen LogP contribution >= 0.6 is 0 Å². The van der Waals surface area contributed by atoms with Gasteiger partial charge in [0.2, 0.25) is 0 Å². The molecule has 1 heteroatoms. The van der Waals surface area contributed by atoms with Gasteiger partial charge in [0, 0.05) is 0 Å². The number of hydrogen-bond donors (Lipinski definition) is 1. The molecule has 0 atom stereocenters. The van der Waals surface area contributed by atoms with Gasteiger partial charge in [-0.15, -0.1) is 0 Å². The maximum Gasteiger partial charge on any atom is 0.0612 e. The second-order valence-corrected chi connectivity index (χ2v) is 6.20. The van der Waals surface area contributed by atoms with E-state index in [-0.39, 0.29) is 6.61 Å². The molecular weight excluding hydrogens is 256 g/mol. The Hall–Kier alpha value is -0.300. The molecule has 0 fully saturated rings. The van der Waals surface area contributed by atoms with Crippen LogP contribution in [0.1, 0.15) is 103 Å². The van der Waals surface area contributed by atoms with E-state index in [1.807, 2.05) is 6.08 Å². The van der Waals surface area contributed by atoms with Crippen molar-refractivity contribution in [3.05, 3.63) is 18.6 Å². The highest BCUT2D eigenvalue weighted by Gasteiger charge is 1.94. The monoisotopic (exact) mass is 295 g/mol. The Morgan fingerprint density at radius 2 is 1.05 bits per heavy atom. The van der Waals surface area contributed by atoms with Crippen LogP contribution in [0.2, 0.25) is 0 Å². The fourth-order valence-corrected chi connectivity index (χ4v) is 2.66. The van der Waals surface area contributed by atoms with Crippen molar-refractivity contribution < 1.29 is 5.11 Å². The van der Waals surface area contributed by atoms with Crippen molar-refractivity contribution in [1.82, 2.24) is 0 Å². The van der Waals surface area contributed by atoms with Crippen LogP contribution in [-0.4, -0.2) is 11.7 Å². The lowest BCUT2D eigenvalue weighted by Crippen LogP contribution is -1.84. The Morgan fingerprint density at radius 3 is 1.57 bits per heavy atom. The average molecular weight is 296 g/mol. The molecule has 0 bridgehead atoms. The number of allylic oxidation sites excluding steroid dienone is 1. The summed E-state index contributed by atoms with van der Waals surface area (Å²) in [6.45, 7) is 2.47. The molecule has 0 aliphatic heterocycles. The van der Waals surface area contributed by atoms with Gasteiger partial charge >= 0.3 is 0 Å². The number of aliphatic hydroxyl groups excluding tert-OH is 1. The van der Waals surface area contributed by atoms with Crippen LogP contribution in [0.15, 0.2) is 12.2 Å². The van der Waals surface area contributed by atoms with Crippen LogP contribution < -0.4 is 0 Å². The van der Waals surface area contributed by atoms with Crippen LogP contribution in [0.3, 0.4) is 0 Å². The Labute approximate surface area is 134 Å². The van der Waals surface area contributed by atoms with Crippen molar-refractivity contribution in [2.45, 2.75) is 103 Å². The number of rotatable bonds is 17. The van der Waals surface area contributed by atoms with Crippen molar-refractivity contribution in [3.63, 3.8) is 0 Å². The highest BCUT2D eigenvalue weighted by Crippen LogP contribution is 2.13. The number of aliphatic hydroxyl groups is 1. The predicted octanol–water partition coefficient (Wildman–Crippen LogP) is 6.61. The zero-order valence-corrected chi connectivity index (χ0v) is 14.5. The smallest absolute Gasteiger partial charge is 0.0612 e. The molecule has 1 radical (unpaired) electrons. The van der Waals surface area contributed by atoms with Crippen LogP contribution in [0.25, 0.3) is 0 Å². The Morgan fingerprint density at radius 1 is 0.571 bits per heavy atom. The third-order valence-electron chi connectivity index (χ3n) is 4.06. The van der Waals surface area contributed by atoms with Crippen molar-refractivity contribution in [2.75, 3.05) is 6.61 Å². The van der Waals surface area contributed by atoms with E-state index in [0.29, 0.717) is 0 Å². The van der Waals surface area contributed by atoms with E-state index in [0.717, 1.165) is 6.42 Å². The summed E-state index contributed by atoms with van der Waals surface area (Å²) in [4.78, 5) is 0. The molecule has 125 valence electrons. The Balaban J connectivity index is 2.95. The topological polar surface area (TPSA) is 20.2 Å². The highest BCUT2D eigenvalue weighted by molar-refractivity contribution is 4.80. The summed E-state index contributed by atoms with van der Waals surface area (Å²) >= 11 is 0. The number of unbranched alkanes of at least 4 members (excludes halogenated alkanes) is 15. The molecule has 0 aliphatic rings. The van der Waals surface area contributed by atoms with Gasteiger partial charge in [0.15, 0.2) is 0 Å². The van der Waals surface area contributed by atoms with Crippen molar-refractivity contribution in [2.24, 2.45) is 0 Å². The summed E-state index contributed by atoms with van der Waals surface area (Å²) in [5, 5.41) is 8.60. The maximum atomic E-state index is 8.60. The van der Waals surface area contributed by atoms with Gasteiger partial charge in [-0.25, -0.2) is 0 Å². The van der Waals surface area contributed by atoms with E-state index >= 15 is 0 Å². The normalized spacial score (nSPS) is 11.5. The lowest BCUT2D eigenvalue weighted by molar-refractivity contribution is 0.342. The zero-order chi connectivity index (χ0) is 15.4. The molecule has 0 aliphatic carbocycles. The van der Waals surface area contributed by atoms with Gasteiger partial charge in [-0.3, -0.25) is 0 Å². The molecule has 0 aromatic carbocycles. The molecule has 0 heterocycles. The van der Waals surface area contributed by atoms with Gasteiger partial charge < -0.3 is 5.11 Å². The van der Waals surface area contributed by atoms with Gasteiger partial charge in [0.05, 0.1) is 6.61 Å². The van der Waals surface area contributed by atoms with Crippen molar-refractivity contribution in [1.29, 1.82) is 0 Å². The lowest BCUT2D eigenvalue weighted by Gasteiger charge is -2.02. The van der Waals surface area contributed by atoms with Crippen LogP contribution in [0, 0.1) is 6.42 Å². The van der Waals surface area contributed by atoms with E-state index in [9.17, 15) is 0 Å². The summed E-state index contributed by atoms with van der Waals surface area (Å²) in [7, 11) is 0. The summed E-state index contributed by atoms with van der Waals surface area (Å²) in [5.41, 5.74) is 0. The molecule has 1 N–H and O–H groups in total. The first-order chi connectivity index (χ1) is 10.4. The van der Waals surface area contributed by atoms with Gasteiger partial charge in [-0.05, 0) is 19.3 Å². The Bertz CT molecular complexity index is 198. The quantitative estimate of drug-likeness (QED) is 0.236. The fourth-order valence-electron chi connectivity index (χ4n) is 2.66. The molecule has 0 saturated carbocycles.